The second-order valence-corrected chi connectivity index (χ2v) is 6.88. The topological polar surface area (TPSA) is 89.4 Å². The molecular weight excluding hydrogens is 324 g/mol. The van der Waals surface area contributed by atoms with Crippen LogP contribution in [0.1, 0.15) is 19.3 Å². The highest BCUT2D eigenvalue weighted by atomic mass is 32.1. The quantitative estimate of drug-likeness (QED) is 0.783. The van der Waals surface area contributed by atoms with E-state index in [0.717, 1.165) is 48.8 Å². The molecule has 1 aliphatic heterocycles. The van der Waals surface area contributed by atoms with Crippen molar-refractivity contribution in [1.82, 2.24) is 19.8 Å². The normalized spacial score (nSPS) is 15.9. The molecule has 0 unspecified atom stereocenters. The van der Waals surface area contributed by atoms with Crippen LogP contribution in [-0.4, -0.2) is 38.8 Å². The number of nitrogens with zero attached hydrogens (tertiary/aromatic N) is 5. The number of piperidine rings is 1. The molecular formula is C16H18N6OS. The molecule has 7 nitrogen and oxygen atoms in total. The lowest BCUT2D eigenvalue weighted by molar-refractivity contribution is -0.119. The van der Waals surface area contributed by atoms with Crippen molar-refractivity contribution >= 4 is 28.7 Å². The molecule has 0 aliphatic carbocycles. The summed E-state index contributed by atoms with van der Waals surface area (Å²) in [5.41, 5.74) is 7.07. The second kappa shape index (κ2) is 6.20. The number of carbonyl (C=O) groups excluding carboxylic acids is 1. The van der Waals surface area contributed by atoms with Crippen molar-refractivity contribution in [3.05, 3.63) is 29.0 Å². The van der Waals surface area contributed by atoms with Gasteiger partial charge in [0.05, 0.1) is 0 Å². The van der Waals surface area contributed by atoms with Gasteiger partial charge in [-0.1, -0.05) is 0 Å². The molecule has 2 N–H and O–H groups in total. The van der Waals surface area contributed by atoms with E-state index in [1.54, 1.807) is 15.9 Å². The molecule has 1 aliphatic rings. The van der Waals surface area contributed by atoms with Crippen LogP contribution in [0.15, 0.2) is 29.0 Å². The van der Waals surface area contributed by atoms with Gasteiger partial charge in [0.2, 0.25) is 5.91 Å². The number of thiophene rings is 1. The van der Waals surface area contributed by atoms with Gasteiger partial charge in [-0.25, -0.2) is 0 Å². The highest BCUT2D eigenvalue weighted by Crippen LogP contribution is 2.25. The van der Waals surface area contributed by atoms with Gasteiger partial charge in [-0.15, -0.1) is 15.3 Å². The first kappa shape index (κ1) is 15.1. The van der Waals surface area contributed by atoms with Gasteiger partial charge in [-0.2, -0.15) is 15.9 Å². The summed E-state index contributed by atoms with van der Waals surface area (Å²) >= 11 is 1.63. The lowest BCUT2D eigenvalue weighted by Gasteiger charge is -2.32. The monoisotopic (exact) mass is 342 g/mol. The smallest absolute Gasteiger partial charge is 0.217 e. The zero-order chi connectivity index (χ0) is 16.5. The van der Waals surface area contributed by atoms with Crippen LogP contribution in [0.3, 0.4) is 0 Å². The maximum atomic E-state index is 11.1. The minimum Gasteiger partial charge on any atom is -0.370 e. The van der Waals surface area contributed by atoms with E-state index in [1.807, 2.05) is 29.0 Å². The number of amides is 1. The Kier molecular flexibility index (Phi) is 3.89. The number of anilines is 1. The molecule has 0 atom stereocenters. The molecule has 1 amide bonds. The predicted octanol–water partition coefficient (Wildman–Crippen LogP) is 1.94. The first-order chi connectivity index (χ1) is 11.7. The minimum atomic E-state index is -0.210. The van der Waals surface area contributed by atoms with Gasteiger partial charge in [-0.05, 0) is 42.3 Å². The largest absolute Gasteiger partial charge is 0.370 e. The van der Waals surface area contributed by atoms with Crippen LogP contribution in [-0.2, 0) is 4.79 Å². The number of hydrogen-bond acceptors (Lipinski definition) is 6. The van der Waals surface area contributed by atoms with Crippen molar-refractivity contribution in [1.29, 1.82) is 0 Å². The van der Waals surface area contributed by atoms with Crippen molar-refractivity contribution in [2.24, 2.45) is 11.7 Å². The zero-order valence-electron chi connectivity index (χ0n) is 13.1. The number of nitrogens with two attached hydrogens (primary N) is 1. The third-order valence-corrected chi connectivity index (χ3v) is 5.14. The highest BCUT2D eigenvalue weighted by molar-refractivity contribution is 7.08. The van der Waals surface area contributed by atoms with Gasteiger partial charge in [0, 0.05) is 30.5 Å². The molecule has 4 rings (SSSR count). The number of primary amides is 1. The van der Waals surface area contributed by atoms with E-state index in [2.05, 4.69) is 15.1 Å². The minimum absolute atomic E-state index is 0.210. The van der Waals surface area contributed by atoms with Crippen LogP contribution in [0.4, 0.5) is 5.82 Å². The maximum absolute atomic E-state index is 11.1. The Balaban J connectivity index is 1.57. The lowest BCUT2D eigenvalue weighted by atomic mass is 9.93. The van der Waals surface area contributed by atoms with Crippen LogP contribution in [0.2, 0.25) is 0 Å². The van der Waals surface area contributed by atoms with Crippen LogP contribution >= 0.6 is 11.3 Å². The SMILES string of the molecule is NC(=O)CC1CCN(c2ccc3nnc(-c4ccsc4)n3n2)CC1. The van der Waals surface area contributed by atoms with Crippen LogP contribution in [0.5, 0.6) is 0 Å². The Morgan fingerprint density at radius 1 is 1.25 bits per heavy atom. The Morgan fingerprint density at radius 3 is 2.79 bits per heavy atom. The average Bonchev–Trinajstić information content (AvgIpc) is 3.23. The molecule has 0 bridgehead atoms. The van der Waals surface area contributed by atoms with Gasteiger partial charge >= 0.3 is 0 Å². The molecule has 1 fully saturated rings. The number of fused-ring (bicyclic) bond motifs is 1. The summed E-state index contributed by atoms with van der Waals surface area (Å²) in [5, 5.41) is 17.2. The summed E-state index contributed by atoms with van der Waals surface area (Å²) in [4.78, 5) is 13.3. The van der Waals surface area contributed by atoms with Crippen LogP contribution in [0, 0.1) is 5.92 Å². The number of rotatable bonds is 4. The van der Waals surface area contributed by atoms with E-state index in [0.29, 0.717) is 12.3 Å². The Bertz CT molecular complexity index is 851. The maximum Gasteiger partial charge on any atom is 0.217 e. The number of hydrogen-bond donors (Lipinski definition) is 1. The summed E-state index contributed by atoms with van der Waals surface area (Å²) < 4.78 is 1.80. The summed E-state index contributed by atoms with van der Waals surface area (Å²) in [7, 11) is 0. The zero-order valence-corrected chi connectivity index (χ0v) is 13.9. The van der Waals surface area contributed by atoms with Crippen molar-refractivity contribution in [3.63, 3.8) is 0 Å². The van der Waals surface area contributed by atoms with Crippen molar-refractivity contribution in [2.45, 2.75) is 19.3 Å². The molecule has 0 aromatic carbocycles. The second-order valence-electron chi connectivity index (χ2n) is 6.10. The predicted molar refractivity (Wildman–Crippen MR) is 92.8 cm³/mol. The van der Waals surface area contributed by atoms with E-state index in [4.69, 9.17) is 10.8 Å². The van der Waals surface area contributed by atoms with E-state index in [1.165, 1.54) is 0 Å². The van der Waals surface area contributed by atoms with Gasteiger partial charge in [0.15, 0.2) is 11.5 Å². The van der Waals surface area contributed by atoms with Gasteiger partial charge in [0.1, 0.15) is 5.82 Å². The van der Waals surface area contributed by atoms with Crippen molar-refractivity contribution in [2.75, 3.05) is 18.0 Å². The third-order valence-electron chi connectivity index (χ3n) is 4.46. The van der Waals surface area contributed by atoms with Gasteiger partial charge in [0.25, 0.3) is 0 Å². The number of aromatic nitrogens is 4. The molecule has 8 heteroatoms. The molecule has 0 spiro atoms. The fourth-order valence-corrected chi connectivity index (χ4v) is 3.80. The van der Waals surface area contributed by atoms with E-state index < -0.39 is 0 Å². The summed E-state index contributed by atoms with van der Waals surface area (Å²) in [6, 6.07) is 5.95. The molecule has 0 radical (unpaired) electrons. The average molecular weight is 342 g/mol. The van der Waals surface area contributed by atoms with Gasteiger partial charge in [-0.3, -0.25) is 4.79 Å². The summed E-state index contributed by atoms with van der Waals surface area (Å²) in [6.07, 6.45) is 2.40. The molecule has 124 valence electrons. The fraction of sp³-hybridized carbons (Fsp3) is 0.375. The molecule has 4 heterocycles. The van der Waals surface area contributed by atoms with Crippen LogP contribution in [0.25, 0.3) is 17.0 Å². The first-order valence-corrected chi connectivity index (χ1v) is 8.93. The Morgan fingerprint density at radius 2 is 2.08 bits per heavy atom. The lowest BCUT2D eigenvalue weighted by Crippen LogP contribution is -2.35. The molecule has 24 heavy (non-hydrogen) atoms. The Hall–Kier alpha value is -2.48. The van der Waals surface area contributed by atoms with Crippen LogP contribution < -0.4 is 10.6 Å². The summed E-state index contributed by atoms with van der Waals surface area (Å²) in [5.74, 6) is 1.85. The van der Waals surface area contributed by atoms with E-state index in [-0.39, 0.29) is 5.91 Å². The highest BCUT2D eigenvalue weighted by Gasteiger charge is 2.22. The number of carbonyl (C=O) groups is 1. The first-order valence-electron chi connectivity index (χ1n) is 7.99. The standard InChI is InChI=1S/C16H18N6OS/c17-13(23)9-11-3-6-21(7-4-11)15-2-1-14-18-19-16(22(14)20-15)12-5-8-24-10-12/h1-2,5,8,10-11H,3-4,6-7,9H2,(H2,17,23). The molecule has 0 saturated carbocycles. The Labute approximate surface area is 143 Å². The summed E-state index contributed by atoms with van der Waals surface area (Å²) in [6.45, 7) is 1.76. The third kappa shape index (κ3) is 2.84. The fourth-order valence-electron chi connectivity index (χ4n) is 3.17. The van der Waals surface area contributed by atoms with Gasteiger partial charge < -0.3 is 10.6 Å². The molecule has 3 aromatic rings. The molecule has 1 saturated heterocycles. The van der Waals surface area contributed by atoms with E-state index in [9.17, 15) is 4.79 Å². The van der Waals surface area contributed by atoms with Crippen molar-refractivity contribution in [3.8, 4) is 11.4 Å². The van der Waals surface area contributed by atoms with E-state index >= 15 is 0 Å². The molecule has 3 aromatic heterocycles. The van der Waals surface area contributed by atoms with Crippen molar-refractivity contribution < 1.29 is 4.79 Å².